The van der Waals surface area contributed by atoms with Gasteiger partial charge in [-0.15, -0.1) is 0 Å². The van der Waals surface area contributed by atoms with Crippen LogP contribution >= 0.6 is 0 Å². The van der Waals surface area contributed by atoms with Gasteiger partial charge in [-0.25, -0.2) is 0 Å². The van der Waals surface area contributed by atoms with Crippen LogP contribution in [0.3, 0.4) is 0 Å². The minimum absolute atomic E-state index is 0.152. The van der Waals surface area contributed by atoms with Crippen LogP contribution in [0.1, 0.15) is 75.0 Å². The average Bonchev–Trinajstić information content (AvgIpc) is 2.90. The fraction of sp³-hybridized carbons (Fsp3) is 0.684. The molecule has 1 aromatic rings. The van der Waals surface area contributed by atoms with E-state index in [0.29, 0.717) is 0 Å². The predicted molar refractivity (Wildman–Crippen MR) is 86.2 cm³/mol. The lowest BCUT2D eigenvalue weighted by atomic mass is 9.99. The Balaban J connectivity index is 1.65. The van der Waals surface area contributed by atoms with Gasteiger partial charge in [-0.3, -0.25) is 0 Å². The smallest absolute Gasteiger partial charge is 0.0580 e. The standard InChI is InChI=1S/C19H30O/c1-2-3-4-5-6-7-11-19(20)15-16-12-13-17-9-8-10-18(17)14-16/h12-14,19-20H,2-11,15H2,1H3. The van der Waals surface area contributed by atoms with Gasteiger partial charge in [-0.05, 0) is 48.8 Å². The average molecular weight is 274 g/mol. The lowest BCUT2D eigenvalue weighted by Gasteiger charge is -2.11. The molecule has 0 bridgehead atoms. The molecule has 1 nitrogen and oxygen atoms in total. The van der Waals surface area contributed by atoms with Gasteiger partial charge in [0.15, 0.2) is 0 Å². The minimum atomic E-state index is -0.152. The first-order valence-electron chi connectivity index (χ1n) is 8.58. The number of aliphatic hydroxyl groups is 1. The number of hydrogen-bond donors (Lipinski definition) is 1. The molecule has 20 heavy (non-hydrogen) atoms. The molecule has 0 aliphatic heterocycles. The van der Waals surface area contributed by atoms with Crippen LogP contribution < -0.4 is 0 Å². The van der Waals surface area contributed by atoms with Gasteiger partial charge in [0.1, 0.15) is 0 Å². The van der Waals surface area contributed by atoms with Gasteiger partial charge < -0.3 is 5.11 Å². The molecule has 1 N–H and O–H groups in total. The van der Waals surface area contributed by atoms with Gasteiger partial charge in [0.25, 0.3) is 0 Å². The summed E-state index contributed by atoms with van der Waals surface area (Å²) in [6.45, 7) is 2.25. The number of benzene rings is 1. The van der Waals surface area contributed by atoms with Crippen LogP contribution in [0.5, 0.6) is 0 Å². The fourth-order valence-corrected chi connectivity index (χ4v) is 3.29. The van der Waals surface area contributed by atoms with Crippen LogP contribution in [0, 0.1) is 0 Å². The molecule has 1 aliphatic carbocycles. The molecule has 0 aromatic heterocycles. The van der Waals surface area contributed by atoms with Gasteiger partial charge in [-0.1, -0.05) is 63.6 Å². The Labute approximate surface area is 124 Å². The lowest BCUT2D eigenvalue weighted by molar-refractivity contribution is 0.161. The van der Waals surface area contributed by atoms with E-state index >= 15 is 0 Å². The van der Waals surface area contributed by atoms with E-state index in [1.54, 1.807) is 0 Å². The molecule has 0 heterocycles. The molecule has 1 atom stereocenters. The zero-order valence-corrected chi connectivity index (χ0v) is 13.0. The third-order valence-corrected chi connectivity index (χ3v) is 4.53. The van der Waals surface area contributed by atoms with E-state index in [1.165, 1.54) is 74.5 Å². The van der Waals surface area contributed by atoms with Crippen molar-refractivity contribution in [2.75, 3.05) is 0 Å². The van der Waals surface area contributed by atoms with Crippen molar-refractivity contribution in [1.82, 2.24) is 0 Å². The Kier molecular flexibility index (Phi) is 6.59. The summed E-state index contributed by atoms with van der Waals surface area (Å²) in [6, 6.07) is 6.82. The molecule has 1 unspecified atom stereocenters. The van der Waals surface area contributed by atoms with Crippen LogP contribution in [0.15, 0.2) is 18.2 Å². The maximum absolute atomic E-state index is 10.2. The quantitative estimate of drug-likeness (QED) is 0.639. The van der Waals surface area contributed by atoms with Gasteiger partial charge in [0, 0.05) is 0 Å². The van der Waals surface area contributed by atoms with Crippen molar-refractivity contribution in [2.24, 2.45) is 0 Å². The molecular weight excluding hydrogens is 244 g/mol. The first-order chi connectivity index (χ1) is 9.79. The first-order valence-corrected chi connectivity index (χ1v) is 8.58. The van der Waals surface area contributed by atoms with Crippen LogP contribution in [0.4, 0.5) is 0 Å². The number of rotatable bonds is 9. The SMILES string of the molecule is CCCCCCCCC(O)Cc1ccc2c(c1)CCC2. The van der Waals surface area contributed by atoms with Crippen LogP contribution in [0.25, 0.3) is 0 Å². The van der Waals surface area contributed by atoms with E-state index in [1.807, 2.05) is 0 Å². The summed E-state index contributed by atoms with van der Waals surface area (Å²) < 4.78 is 0. The second-order valence-corrected chi connectivity index (χ2v) is 6.37. The molecule has 0 fully saturated rings. The highest BCUT2D eigenvalue weighted by molar-refractivity contribution is 5.35. The van der Waals surface area contributed by atoms with Gasteiger partial charge in [-0.2, -0.15) is 0 Å². The number of aliphatic hydroxyl groups excluding tert-OH is 1. The van der Waals surface area contributed by atoms with Crippen molar-refractivity contribution in [3.8, 4) is 0 Å². The summed E-state index contributed by atoms with van der Waals surface area (Å²) in [7, 11) is 0. The summed E-state index contributed by atoms with van der Waals surface area (Å²) in [5.41, 5.74) is 4.37. The highest BCUT2D eigenvalue weighted by Gasteiger charge is 2.12. The summed E-state index contributed by atoms with van der Waals surface area (Å²) in [4.78, 5) is 0. The van der Waals surface area contributed by atoms with E-state index in [0.717, 1.165) is 12.8 Å². The zero-order chi connectivity index (χ0) is 14.2. The summed E-state index contributed by atoms with van der Waals surface area (Å²) in [6.07, 6.45) is 13.2. The molecule has 0 spiro atoms. The van der Waals surface area contributed by atoms with Crippen molar-refractivity contribution in [3.63, 3.8) is 0 Å². The molecule has 1 heteroatoms. The molecular formula is C19H30O. The Bertz CT molecular complexity index is 397. The number of aryl methyl sites for hydroxylation is 2. The maximum atomic E-state index is 10.2. The molecule has 0 saturated carbocycles. The molecule has 1 aromatic carbocycles. The van der Waals surface area contributed by atoms with Crippen molar-refractivity contribution >= 4 is 0 Å². The minimum Gasteiger partial charge on any atom is -0.393 e. The number of fused-ring (bicyclic) bond motifs is 1. The number of hydrogen-bond acceptors (Lipinski definition) is 1. The Morgan fingerprint density at radius 3 is 2.60 bits per heavy atom. The van der Waals surface area contributed by atoms with E-state index in [4.69, 9.17) is 0 Å². The molecule has 0 radical (unpaired) electrons. The van der Waals surface area contributed by atoms with Crippen LogP contribution in [-0.4, -0.2) is 11.2 Å². The molecule has 2 rings (SSSR count). The fourth-order valence-electron chi connectivity index (χ4n) is 3.29. The zero-order valence-electron chi connectivity index (χ0n) is 13.0. The second-order valence-electron chi connectivity index (χ2n) is 6.37. The summed E-state index contributed by atoms with van der Waals surface area (Å²) in [5, 5.41) is 10.2. The van der Waals surface area contributed by atoms with E-state index in [2.05, 4.69) is 25.1 Å². The third-order valence-electron chi connectivity index (χ3n) is 4.53. The monoisotopic (exact) mass is 274 g/mol. The molecule has 0 amide bonds. The number of unbranched alkanes of at least 4 members (excludes halogenated alkanes) is 5. The van der Waals surface area contributed by atoms with Gasteiger partial charge in [0.2, 0.25) is 0 Å². The predicted octanol–water partition coefficient (Wildman–Crippen LogP) is 4.83. The van der Waals surface area contributed by atoms with Crippen LogP contribution in [0.2, 0.25) is 0 Å². The van der Waals surface area contributed by atoms with E-state index in [9.17, 15) is 5.11 Å². The largest absolute Gasteiger partial charge is 0.393 e. The highest BCUT2D eigenvalue weighted by atomic mass is 16.3. The normalized spacial score (nSPS) is 15.3. The van der Waals surface area contributed by atoms with Crippen molar-refractivity contribution in [3.05, 3.63) is 34.9 Å². The van der Waals surface area contributed by atoms with Gasteiger partial charge >= 0.3 is 0 Å². The Morgan fingerprint density at radius 2 is 1.75 bits per heavy atom. The first kappa shape index (κ1) is 15.6. The van der Waals surface area contributed by atoms with Crippen molar-refractivity contribution in [2.45, 2.75) is 83.7 Å². The topological polar surface area (TPSA) is 20.2 Å². The summed E-state index contributed by atoms with van der Waals surface area (Å²) in [5.74, 6) is 0. The molecule has 1 aliphatic rings. The van der Waals surface area contributed by atoms with Crippen molar-refractivity contribution < 1.29 is 5.11 Å². The molecule has 112 valence electrons. The van der Waals surface area contributed by atoms with E-state index < -0.39 is 0 Å². The molecule has 0 saturated heterocycles. The van der Waals surface area contributed by atoms with E-state index in [-0.39, 0.29) is 6.10 Å². The van der Waals surface area contributed by atoms with Crippen molar-refractivity contribution in [1.29, 1.82) is 0 Å². The second kappa shape index (κ2) is 8.46. The van der Waals surface area contributed by atoms with Crippen LogP contribution in [-0.2, 0) is 19.3 Å². The maximum Gasteiger partial charge on any atom is 0.0580 e. The lowest BCUT2D eigenvalue weighted by Crippen LogP contribution is -2.10. The Hall–Kier alpha value is -0.820. The highest BCUT2D eigenvalue weighted by Crippen LogP contribution is 2.23. The summed E-state index contributed by atoms with van der Waals surface area (Å²) >= 11 is 0. The Morgan fingerprint density at radius 1 is 1.00 bits per heavy atom. The third kappa shape index (κ3) is 4.94. The van der Waals surface area contributed by atoms with Gasteiger partial charge in [0.05, 0.1) is 6.10 Å².